The fourth-order valence-electron chi connectivity index (χ4n) is 3.64. The fourth-order valence-corrected chi connectivity index (χ4v) is 3.92. The molecule has 1 atom stereocenters. The van der Waals surface area contributed by atoms with E-state index >= 15 is 0 Å². The number of rotatable bonds is 7. The van der Waals surface area contributed by atoms with Crippen molar-refractivity contribution in [1.29, 1.82) is 0 Å². The lowest BCUT2D eigenvalue weighted by Crippen LogP contribution is -2.08. The van der Waals surface area contributed by atoms with Crippen molar-refractivity contribution in [2.75, 3.05) is 19.4 Å². The predicted molar refractivity (Wildman–Crippen MR) is 121 cm³/mol. The Morgan fingerprint density at radius 3 is 2.55 bits per heavy atom. The maximum absolute atomic E-state index is 6.32. The Bertz CT molecular complexity index is 1040. The highest BCUT2D eigenvalue weighted by atomic mass is 35.5. The second kappa shape index (κ2) is 9.08. The van der Waals surface area contributed by atoms with E-state index in [-0.39, 0.29) is 5.92 Å². The van der Waals surface area contributed by atoms with Gasteiger partial charge in [0.2, 0.25) is 0 Å². The standard InChI is InChI=1S/C22H25Cl2N3O2/c1-12(5-4-10-25)19-13(2)20-17(27-22(19)26)8-9-18(28-3)21(20)29-14-6-7-15(23)16(24)11-14/h6-9,11-12H,4-5,10,25H2,1-3H3,(H2,26,27). The monoisotopic (exact) mass is 433 g/mol. The Balaban J connectivity index is 2.19. The van der Waals surface area contributed by atoms with Crippen LogP contribution in [-0.2, 0) is 0 Å². The summed E-state index contributed by atoms with van der Waals surface area (Å²) in [5.74, 6) is 2.48. The Morgan fingerprint density at radius 2 is 1.90 bits per heavy atom. The molecule has 4 N–H and O–H groups in total. The lowest BCUT2D eigenvalue weighted by molar-refractivity contribution is 0.381. The third-order valence-electron chi connectivity index (χ3n) is 5.06. The molecule has 0 aliphatic heterocycles. The van der Waals surface area contributed by atoms with Crippen molar-refractivity contribution in [3.63, 3.8) is 0 Å². The quantitative estimate of drug-likeness (QED) is 0.471. The van der Waals surface area contributed by atoms with Crippen LogP contribution >= 0.6 is 23.2 Å². The van der Waals surface area contributed by atoms with Crippen molar-refractivity contribution in [3.05, 3.63) is 51.5 Å². The molecule has 0 radical (unpaired) electrons. The number of halogens is 2. The molecule has 1 heterocycles. The van der Waals surface area contributed by atoms with E-state index in [0.29, 0.717) is 39.7 Å². The molecule has 0 aliphatic carbocycles. The van der Waals surface area contributed by atoms with E-state index in [4.69, 9.17) is 44.1 Å². The molecule has 29 heavy (non-hydrogen) atoms. The van der Waals surface area contributed by atoms with Gasteiger partial charge in [-0.1, -0.05) is 30.1 Å². The van der Waals surface area contributed by atoms with Crippen LogP contribution < -0.4 is 20.9 Å². The number of nitrogen functional groups attached to an aromatic ring is 1. The Kier molecular flexibility index (Phi) is 6.73. The third kappa shape index (κ3) is 4.37. The molecule has 1 aromatic heterocycles. The number of aromatic nitrogens is 1. The molecule has 0 bridgehead atoms. The Labute approximate surface area is 180 Å². The minimum Gasteiger partial charge on any atom is -0.493 e. The molecule has 0 saturated heterocycles. The van der Waals surface area contributed by atoms with Crippen molar-refractivity contribution in [1.82, 2.24) is 4.98 Å². The molecule has 0 amide bonds. The first-order chi connectivity index (χ1) is 13.9. The maximum Gasteiger partial charge on any atom is 0.178 e. The minimum atomic E-state index is 0.222. The van der Waals surface area contributed by atoms with Gasteiger partial charge < -0.3 is 20.9 Å². The van der Waals surface area contributed by atoms with Gasteiger partial charge in [0, 0.05) is 11.6 Å². The summed E-state index contributed by atoms with van der Waals surface area (Å²) >= 11 is 12.2. The van der Waals surface area contributed by atoms with Crippen LogP contribution in [0.3, 0.4) is 0 Å². The summed E-state index contributed by atoms with van der Waals surface area (Å²) < 4.78 is 11.8. The zero-order valence-electron chi connectivity index (χ0n) is 16.8. The van der Waals surface area contributed by atoms with Crippen molar-refractivity contribution in [3.8, 4) is 17.2 Å². The average Bonchev–Trinajstić information content (AvgIpc) is 2.69. The number of aryl methyl sites for hydroxylation is 1. The Hall–Kier alpha value is -2.21. The summed E-state index contributed by atoms with van der Waals surface area (Å²) in [4.78, 5) is 4.64. The molecule has 3 aromatic rings. The van der Waals surface area contributed by atoms with E-state index in [1.165, 1.54) is 0 Å². The minimum absolute atomic E-state index is 0.222. The zero-order valence-corrected chi connectivity index (χ0v) is 18.3. The largest absolute Gasteiger partial charge is 0.493 e. The van der Waals surface area contributed by atoms with Gasteiger partial charge in [0.05, 0.1) is 28.1 Å². The van der Waals surface area contributed by atoms with Gasteiger partial charge >= 0.3 is 0 Å². The van der Waals surface area contributed by atoms with Crippen LogP contribution in [0.4, 0.5) is 5.82 Å². The smallest absolute Gasteiger partial charge is 0.178 e. The summed E-state index contributed by atoms with van der Waals surface area (Å²) in [7, 11) is 1.60. The van der Waals surface area contributed by atoms with Crippen LogP contribution in [0.1, 0.15) is 36.8 Å². The highest BCUT2D eigenvalue weighted by molar-refractivity contribution is 6.42. The number of nitrogens with two attached hydrogens (primary N) is 2. The van der Waals surface area contributed by atoms with Crippen molar-refractivity contribution < 1.29 is 9.47 Å². The molecule has 1 unspecified atom stereocenters. The van der Waals surface area contributed by atoms with Crippen LogP contribution in [0.25, 0.3) is 10.9 Å². The lowest BCUT2D eigenvalue weighted by Gasteiger charge is -2.21. The van der Waals surface area contributed by atoms with E-state index in [1.807, 2.05) is 19.1 Å². The van der Waals surface area contributed by atoms with Crippen molar-refractivity contribution in [2.45, 2.75) is 32.6 Å². The first-order valence-electron chi connectivity index (χ1n) is 9.47. The molecular weight excluding hydrogens is 409 g/mol. The SMILES string of the molecule is COc1ccc2nc(N)c(C(C)CCCN)c(C)c2c1Oc1ccc(Cl)c(Cl)c1. The van der Waals surface area contributed by atoms with Gasteiger partial charge in [-0.2, -0.15) is 0 Å². The summed E-state index contributed by atoms with van der Waals surface area (Å²) in [6.07, 6.45) is 1.85. The normalized spacial score (nSPS) is 12.2. The summed E-state index contributed by atoms with van der Waals surface area (Å²) in [6, 6.07) is 8.83. The molecule has 3 rings (SSSR count). The van der Waals surface area contributed by atoms with Gasteiger partial charge in [-0.15, -0.1) is 0 Å². The highest BCUT2D eigenvalue weighted by Crippen LogP contribution is 2.43. The van der Waals surface area contributed by atoms with Crippen LogP contribution in [0.5, 0.6) is 17.2 Å². The van der Waals surface area contributed by atoms with Crippen molar-refractivity contribution in [2.24, 2.45) is 5.73 Å². The van der Waals surface area contributed by atoms with Gasteiger partial charge in [0.15, 0.2) is 11.5 Å². The van der Waals surface area contributed by atoms with E-state index in [2.05, 4.69) is 11.9 Å². The number of hydrogen-bond acceptors (Lipinski definition) is 5. The van der Waals surface area contributed by atoms with Gasteiger partial charge in [0.25, 0.3) is 0 Å². The molecule has 154 valence electrons. The summed E-state index contributed by atoms with van der Waals surface area (Å²) in [5.41, 5.74) is 14.8. The van der Waals surface area contributed by atoms with Gasteiger partial charge in [-0.05, 0) is 62.1 Å². The van der Waals surface area contributed by atoms with Crippen LogP contribution in [0.2, 0.25) is 10.0 Å². The molecule has 0 spiro atoms. The van der Waals surface area contributed by atoms with Crippen LogP contribution in [-0.4, -0.2) is 18.6 Å². The number of pyridine rings is 1. The number of anilines is 1. The third-order valence-corrected chi connectivity index (χ3v) is 5.80. The topological polar surface area (TPSA) is 83.4 Å². The molecular formula is C22H25Cl2N3O2. The predicted octanol–water partition coefficient (Wildman–Crippen LogP) is 6.08. The van der Waals surface area contributed by atoms with Gasteiger partial charge in [0.1, 0.15) is 11.6 Å². The van der Waals surface area contributed by atoms with E-state index in [1.54, 1.807) is 25.3 Å². The van der Waals surface area contributed by atoms with Gasteiger partial charge in [-0.3, -0.25) is 0 Å². The highest BCUT2D eigenvalue weighted by Gasteiger charge is 2.21. The van der Waals surface area contributed by atoms with E-state index in [0.717, 1.165) is 34.9 Å². The second-order valence-corrected chi connectivity index (χ2v) is 7.85. The average molecular weight is 434 g/mol. The Morgan fingerprint density at radius 1 is 1.14 bits per heavy atom. The molecule has 5 nitrogen and oxygen atoms in total. The molecule has 0 fully saturated rings. The first kappa shape index (κ1) is 21.5. The number of hydrogen-bond donors (Lipinski definition) is 2. The zero-order chi connectivity index (χ0) is 21.1. The number of benzene rings is 2. The van der Waals surface area contributed by atoms with E-state index < -0.39 is 0 Å². The van der Waals surface area contributed by atoms with Crippen LogP contribution in [0, 0.1) is 6.92 Å². The number of ether oxygens (including phenoxy) is 2. The molecule has 0 aliphatic rings. The summed E-state index contributed by atoms with van der Waals surface area (Å²) in [5, 5.41) is 1.74. The lowest BCUT2D eigenvalue weighted by atomic mass is 9.90. The van der Waals surface area contributed by atoms with E-state index in [9.17, 15) is 0 Å². The second-order valence-electron chi connectivity index (χ2n) is 7.04. The maximum atomic E-state index is 6.32. The molecule has 0 saturated carbocycles. The van der Waals surface area contributed by atoms with Crippen LogP contribution in [0.15, 0.2) is 30.3 Å². The summed E-state index contributed by atoms with van der Waals surface area (Å²) in [6.45, 7) is 4.82. The number of nitrogens with zero attached hydrogens (tertiary/aromatic N) is 1. The van der Waals surface area contributed by atoms with Crippen molar-refractivity contribution >= 4 is 39.9 Å². The first-order valence-corrected chi connectivity index (χ1v) is 10.2. The molecule has 7 heteroatoms. The fraction of sp³-hybridized carbons (Fsp3) is 0.318. The number of methoxy groups -OCH3 is 1. The molecule has 2 aromatic carbocycles. The number of fused-ring (bicyclic) bond motifs is 1. The van der Waals surface area contributed by atoms with Gasteiger partial charge in [-0.25, -0.2) is 4.98 Å².